The summed E-state index contributed by atoms with van der Waals surface area (Å²) >= 11 is 0. The zero-order chi connectivity index (χ0) is 12.9. The highest BCUT2D eigenvalue weighted by Crippen LogP contribution is 2.40. The van der Waals surface area contributed by atoms with Crippen molar-refractivity contribution < 1.29 is 13.2 Å². The monoisotopic (exact) mass is 247 g/mol. The molecular formula is C13H20F3N. The maximum absolute atomic E-state index is 12.5. The largest absolute Gasteiger partial charge is 0.391 e. The summed E-state index contributed by atoms with van der Waals surface area (Å²) in [5.74, 6) is 1.68. The second-order valence-electron chi connectivity index (χ2n) is 4.91. The standard InChI is InChI=1S/C13H20F3N/c1-2-3-4-5-12(17)10-6-8-11(9-7-10)13(14,15)16/h1,10-12H,3-9,17H2. The molecule has 1 nitrogen and oxygen atoms in total. The van der Waals surface area contributed by atoms with Gasteiger partial charge in [0.25, 0.3) is 0 Å². The molecule has 0 saturated heterocycles. The summed E-state index contributed by atoms with van der Waals surface area (Å²) in [4.78, 5) is 0. The third kappa shape index (κ3) is 4.59. The van der Waals surface area contributed by atoms with E-state index < -0.39 is 12.1 Å². The van der Waals surface area contributed by atoms with Crippen molar-refractivity contribution in [2.24, 2.45) is 17.6 Å². The van der Waals surface area contributed by atoms with Crippen LogP contribution in [0.1, 0.15) is 44.9 Å². The predicted molar refractivity (Wildman–Crippen MR) is 62.2 cm³/mol. The van der Waals surface area contributed by atoms with Crippen LogP contribution >= 0.6 is 0 Å². The van der Waals surface area contributed by atoms with Crippen LogP contribution in [0.15, 0.2) is 0 Å². The summed E-state index contributed by atoms with van der Waals surface area (Å²) in [5.41, 5.74) is 5.99. The highest BCUT2D eigenvalue weighted by Gasteiger charge is 2.41. The number of terminal acetylenes is 1. The molecule has 0 spiro atoms. The van der Waals surface area contributed by atoms with Gasteiger partial charge in [0, 0.05) is 12.5 Å². The van der Waals surface area contributed by atoms with Gasteiger partial charge in [-0.05, 0) is 44.4 Å². The topological polar surface area (TPSA) is 26.0 Å². The first-order valence-corrected chi connectivity index (χ1v) is 6.21. The number of halogens is 3. The summed E-state index contributed by atoms with van der Waals surface area (Å²) in [7, 11) is 0. The number of rotatable bonds is 4. The van der Waals surface area contributed by atoms with Gasteiger partial charge in [-0.3, -0.25) is 0 Å². The van der Waals surface area contributed by atoms with Crippen LogP contribution in [0.2, 0.25) is 0 Å². The number of unbranched alkanes of at least 4 members (excludes halogenated alkanes) is 1. The maximum Gasteiger partial charge on any atom is 0.391 e. The third-order valence-corrected chi connectivity index (χ3v) is 3.70. The molecule has 1 aliphatic carbocycles. The minimum atomic E-state index is -4.03. The zero-order valence-corrected chi connectivity index (χ0v) is 9.97. The molecule has 1 rings (SSSR count). The Morgan fingerprint density at radius 1 is 1.24 bits per heavy atom. The molecular weight excluding hydrogens is 227 g/mol. The van der Waals surface area contributed by atoms with Crippen LogP contribution in [0.25, 0.3) is 0 Å². The number of hydrogen-bond acceptors (Lipinski definition) is 1. The Bertz CT molecular complexity index is 259. The molecule has 1 fully saturated rings. The minimum Gasteiger partial charge on any atom is -0.327 e. The number of nitrogens with two attached hydrogens (primary N) is 1. The van der Waals surface area contributed by atoms with Crippen molar-refractivity contribution in [1.29, 1.82) is 0 Å². The van der Waals surface area contributed by atoms with Gasteiger partial charge in [0.2, 0.25) is 0 Å². The molecule has 0 aromatic rings. The van der Waals surface area contributed by atoms with E-state index in [0.717, 1.165) is 12.8 Å². The van der Waals surface area contributed by atoms with Crippen LogP contribution < -0.4 is 5.73 Å². The number of hydrogen-bond donors (Lipinski definition) is 1. The minimum absolute atomic E-state index is 0.0116. The van der Waals surface area contributed by atoms with Gasteiger partial charge in [-0.25, -0.2) is 0 Å². The summed E-state index contributed by atoms with van der Waals surface area (Å²) in [6.07, 6.45) is 5.17. The first-order chi connectivity index (χ1) is 7.95. The lowest BCUT2D eigenvalue weighted by molar-refractivity contribution is -0.184. The van der Waals surface area contributed by atoms with Crippen molar-refractivity contribution >= 4 is 0 Å². The molecule has 1 saturated carbocycles. The van der Waals surface area contributed by atoms with Crippen molar-refractivity contribution in [1.82, 2.24) is 0 Å². The molecule has 98 valence electrons. The molecule has 0 heterocycles. The van der Waals surface area contributed by atoms with E-state index in [4.69, 9.17) is 12.2 Å². The average molecular weight is 247 g/mol. The van der Waals surface area contributed by atoms with E-state index in [1.54, 1.807) is 0 Å². The van der Waals surface area contributed by atoms with Crippen LogP contribution in [0.5, 0.6) is 0 Å². The molecule has 0 radical (unpaired) electrons. The SMILES string of the molecule is C#CCCCC(N)C1CCC(C(F)(F)F)CC1. The highest BCUT2D eigenvalue weighted by molar-refractivity contribution is 4.86. The third-order valence-electron chi connectivity index (χ3n) is 3.70. The van der Waals surface area contributed by atoms with Crippen molar-refractivity contribution in [2.45, 2.75) is 57.2 Å². The Morgan fingerprint density at radius 2 is 1.82 bits per heavy atom. The molecule has 1 atom stereocenters. The number of alkyl halides is 3. The zero-order valence-electron chi connectivity index (χ0n) is 9.97. The molecule has 0 aromatic carbocycles. The van der Waals surface area contributed by atoms with Crippen LogP contribution in [-0.2, 0) is 0 Å². The van der Waals surface area contributed by atoms with E-state index in [0.29, 0.717) is 19.3 Å². The van der Waals surface area contributed by atoms with E-state index in [1.165, 1.54) is 0 Å². The summed E-state index contributed by atoms with van der Waals surface area (Å²) in [5, 5.41) is 0. The van der Waals surface area contributed by atoms with Crippen molar-refractivity contribution in [2.75, 3.05) is 0 Å². The van der Waals surface area contributed by atoms with E-state index >= 15 is 0 Å². The second kappa shape index (κ2) is 6.30. The first-order valence-electron chi connectivity index (χ1n) is 6.21. The fourth-order valence-corrected chi connectivity index (χ4v) is 2.55. The Labute approximate surface area is 101 Å². The smallest absolute Gasteiger partial charge is 0.327 e. The maximum atomic E-state index is 12.5. The molecule has 0 bridgehead atoms. The van der Waals surface area contributed by atoms with Crippen molar-refractivity contribution in [3.8, 4) is 12.3 Å². The van der Waals surface area contributed by atoms with Crippen LogP contribution in [0.4, 0.5) is 13.2 Å². The Morgan fingerprint density at radius 3 is 2.29 bits per heavy atom. The van der Waals surface area contributed by atoms with E-state index in [-0.39, 0.29) is 24.8 Å². The molecule has 2 N–H and O–H groups in total. The summed E-state index contributed by atoms with van der Waals surface area (Å²) < 4.78 is 37.4. The van der Waals surface area contributed by atoms with Gasteiger partial charge in [0.15, 0.2) is 0 Å². The van der Waals surface area contributed by atoms with Crippen LogP contribution in [0.3, 0.4) is 0 Å². The first kappa shape index (κ1) is 14.4. The van der Waals surface area contributed by atoms with E-state index in [2.05, 4.69) is 5.92 Å². The summed E-state index contributed by atoms with van der Waals surface area (Å²) in [6, 6.07) is 0.0116. The predicted octanol–water partition coefficient (Wildman–Crippen LogP) is 3.49. The highest BCUT2D eigenvalue weighted by atomic mass is 19.4. The molecule has 0 aliphatic heterocycles. The fourth-order valence-electron chi connectivity index (χ4n) is 2.55. The van der Waals surface area contributed by atoms with Gasteiger partial charge < -0.3 is 5.73 Å². The van der Waals surface area contributed by atoms with Gasteiger partial charge in [-0.1, -0.05) is 0 Å². The lowest BCUT2D eigenvalue weighted by atomic mass is 9.77. The summed E-state index contributed by atoms with van der Waals surface area (Å²) in [6.45, 7) is 0. The normalized spacial score (nSPS) is 27.5. The van der Waals surface area contributed by atoms with Gasteiger partial charge in [-0.15, -0.1) is 12.3 Å². The Kier molecular flexibility index (Phi) is 5.32. The van der Waals surface area contributed by atoms with Crippen LogP contribution in [0, 0.1) is 24.2 Å². The Balaban J connectivity index is 2.29. The van der Waals surface area contributed by atoms with E-state index in [9.17, 15) is 13.2 Å². The fraction of sp³-hybridized carbons (Fsp3) is 0.846. The van der Waals surface area contributed by atoms with Gasteiger partial charge >= 0.3 is 6.18 Å². The molecule has 0 amide bonds. The molecule has 0 aromatic heterocycles. The second-order valence-corrected chi connectivity index (χ2v) is 4.91. The van der Waals surface area contributed by atoms with E-state index in [1.807, 2.05) is 0 Å². The van der Waals surface area contributed by atoms with Gasteiger partial charge in [-0.2, -0.15) is 13.2 Å². The van der Waals surface area contributed by atoms with Crippen molar-refractivity contribution in [3.05, 3.63) is 0 Å². The molecule has 1 unspecified atom stereocenters. The van der Waals surface area contributed by atoms with Gasteiger partial charge in [0.05, 0.1) is 5.92 Å². The Hall–Kier alpha value is -0.690. The lowest BCUT2D eigenvalue weighted by Gasteiger charge is -2.33. The molecule has 4 heteroatoms. The van der Waals surface area contributed by atoms with Crippen LogP contribution in [-0.4, -0.2) is 12.2 Å². The molecule has 1 aliphatic rings. The van der Waals surface area contributed by atoms with Gasteiger partial charge in [0.1, 0.15) is 0 Å². The van der Waals surface area contributed by atoms with Crippen molar-refractivity contribution in [3.63, 3.8) is 0 Å². The quantitative estimate of drug-likeness (QED) is 0.597. The lowest BCUT2D eigenvalue weighted by Crippen LogP contribution is -2.36. The average Bonchev–Trinajstić information content (AvgIpc) is 2.28. The molecule has 17 heavy (non-hydrogen) atoms.